The van der Waals surface area contributed by atoms with Crippen molar-refractivity contribution in [1.29, 1.82) is 0 Å². The van der Waals surface area contributed by atoms with Crippen molar-refractivity contribution in [3.05, 3.63) is 0 Å². The fraction of sp³-hybridized carbons (Fsp3) is 0.938. The molecule has 1 unspecified atom stereocenters. The summed E-state index contributed by atoms with van der Waals surface area (Å²) in [6.07, 6.45) is 4.56. The van der Waals surface area contributed by atoms with E-state index in [2.05, 4.69) is 43.2 Å². The number of carbonyl (C=O) groups is 1. The molecule has 0 aliphatic carbocycles. The Morgan fingerprint density at radius 2 is 1.90 bits per heavy atom. The molecule has 1 atom stereocenters. The van der Waals surface area contributed by atoms with Crippen LogP contribution in [0.15, 0.2) is 0 Å². The molecule has 0 aromatic carbocycles. The summed E-state index contributed by atoms with van der Waals surface area (Å²) in [6.45, 7) is 12.4. The summed E-state index contributed by atoms with van der Waals surface area (Å²) >= 11 is 0. The van der Waals surface area contributed by atoms with Crippen LogP contribution in [0.5, 0.6) is 0 Å². The Balaban J connectivity index is 2.31. The Kier molecular flexibility index (Phi) is 8.15. The van der Waals surface area contributed by atoms with Crippen LogP contribution in [0.4, 0.5) is 0 Å². The minimum absolute atomic E-state index is 0.182. The molecule has 1 aliphatic rings. The summed E-state index contributed by atoms with van der Waals surface area (Å²) < 4.78 is 0. The van der Waals surface area contributed by atoms with Crippen LogP contribution in [0.2, 0.25) is 0 Å². The van der Waals surface area contributed by atoms with Crippen molar-refractivity contribution in [2.24, 2.45) is 5.92 Å². The average molecular weight is 283 g/mol. The third-order valence-electron chi connectivity index (χ3n) is 4.16. The molecule has 1 fully saturated rings. The predicted octanol–water partition coefficient (Wildman–Crippen LogP) is 2.00. The minimum Gasteiger partial charge on any atom is -0.353 e. The Morgan fingerprint density at radius 1 is 1.25 bits per heavy atom. The van der Waals surface area contributed by atoms with Crippen LogP contribution in [0.1, 0.15) is 53.4 Å². The van der Waals surface area contributed by atoms with Gasteiger partial charge in [-0.05, 0) is 58.2 Å². The molecular formula is C16H33N3O. The second-order valence-corrected chi connectivity index (χ2v) is 6.48. The molecule has 1 amide bonds. The zero-order valence-corrected chi connectivity index (χ0v) is 13.7. The molecule has 1 saturated heterocycles. The van der Waals surface area contributed by atoms with Crippen LogP contribution >= 0.6 is 0 Å². The van der Waals surface area contributed by atoms with Gasteiger partial charge in [0, 0.05) is 12.1 Å². The first-order chi connectivity index (χ1) is 9.52. The van der Waals surface area contributed by atoms with E-state index in [9.17, 15) is 4.79 Å². The van der Waals surface area contributed by atoms with Crippen molar-refractivity contribution < 1.29 is 4.79 Å². The van der Waals surface area contributed by atoms with E-state index < -0.39 is 0 Å². The molecule has 0 bridgehead atoms. The highest BCUT2D eigenvalue weighted by molar-refractivity contribution is 5.78. The van der Waals surface area contributed by atoms with Gasteiger partial charge in [-0.1, -0.05) is 20.8 Å². The Hall–Kier alpha value is -0.610. The molecule has 20 heavy (non-hydrogen) atoms. The molecule has 0 saturated carbocycles. The second kappa shape index (κ2) is 9.35. The molecule has 0 aromatic heterocycles. The Labute approximate surface area is 124 Å². The largest absolute Gasteiger partial charge is 0.353 e. The van der Waals surface area contributed by atoms with E-state index in [0.717, 1.165) is 38.9 Å². The highest BCUT2D eigenvalue weighted by Crippen LogP contribution is 2.11. The van der Waals surface area contributed by atoms with E-state index in [-0.39, 0.29) is 11.9 Å². The van der Waals surface area contributed by atoms with Crippen molar-refractivity contribution in [2.75, 3.05) is 26.2 Å². The van der Waals surface area contributed by atoms with Gasteiger partial charge < -0.3 is 10.6 Å². The normalized spacial score (nSPS) is 18.5. The third-order valence-corrected chi connectivity index (χ3v) is 4.16. The average Bonchev–Trinajstić information content (AvgIpc) is 2.43. The van der Waals surface area contributed by atoms with Gasteiger partial charge in [0.05, 0.1) is 6.54 Å². The second-order valence-electron chi connectivity index (χ2n) is 6.48. The number of amides is 1. The predicted molar refractivity (Wildman–Crippen MR) is 84.8 cm³/mol. The summed E-state index contributed by atoms with van der Waals surface area (Å²) in [4.78, 5) is 14.5. The van der Waals surface area contributed by atoms with Crippen molar-refractivity contribution in [3.8, 4) is 0 Å². The number of nitrogens with zero attached hydrogens (tertiary/aromatic N) is 1. The molecule has 0 radical (unpaired) electrons. The first-order valence-electron chi connectivity index (χ1n) is 8.27. The van der Waals surface area contributed by atoms with E-state index in [4.69, 9.17) is 0 Å². The number of hydrogen-bond acceptors (Lipinski definition) is 3. The van der Waals surface area contributed by atoms with Crippen molar-refractivity contribution in [3.63, 3.8) is 0 Å². The van der Waals surface area contributed by atoms with Gasteiger partial charge in [0.2, 0.25) is 5.91 Å². The number of piperidine rings is 1. The number of nitrogens with one attached hydrogen (secondary N) is 2. The number of likely N-dealkylation sites (N-methyl/N-ethyl adjacent to an activating group) is 1. The standard InChI is InChI=1S/C16H33N3O/c1-5-19(15-8-10-17-11-9-15)12-16(20)18-14(4)7-6-13(2)3/h13-15,17H,5-12H2,1-4H3,(H,18,20). The summed E-state index contributed by atoms with van der Waals surface area (Å²) in [5.74, 6) is 0.887. The van der Waals surface area contributed by atoms with Gasteiger partial charge in [-0.25, -0.2) is 0 Å². The molecular weight excluding hydrogens is 250 g/mol. The van der Waals surface area contributed by atoms with Crippen molar-refractivity contribution in [1.82, 2.24) is 15.5 Å². The number of rotatable bonds is 8. The van der Waals surface area contributed by atoms with Crippen LogP contribution in [0.25, 0.3) is 0 Å². The van der Waals surface area contributed by atoms with E-state index in [1.807, 2.05) is 0 Å². The van der Waals surface area contributed by atoms with E-state index in [0.29, 0.717) is 18.5 Å². The van der Waals surface area contributed by atoms with Gasteiger partial charge in [0.25, 0.3) is 0 Å². The molecule has 0 spiro atoms. The summed E-state index contributed by atoms with van der Waals surface area (Å²) in [5, 5.41) is 6.52. The highest BCUT2D eigenvalue weighted by atomic mass is 16.2. The first kappa shape index (κ1) is 17.4. The maximum atomic E-state index is 12.1. The molecule has 2 N–H and O–H groups in total. The monoisotopic (exact) mass is 283 g/mol. The maximum absolute atomic E-state index is 12.1. The lowest BCUT2D eigenvalue weighted by Gasteiger charge is -2.33. The summed E-state index contributed by atoms with van der Waals surface area (Å²) in [5.41, 5.74) is 0. The molecule has 118 valence electrons. The van der Waals surface area contributed by atoms with Gasteiger partial charge in [-0.2, -0.15) is 0 Å². The molecule has 1 aliphatic heterocycles. The quantitative estimate of drug-likeness (QED) is 0.716. The van der Waals surface area contributed by atoms with Crippen LogP contribution in [-0.2, 0) is 4.79 Å². The van der Waals surface area contributed by atoms with Gasteiger partial charge in [0.1, 0.15) is 0 Å². The van der Waals surface area contributed by atoms with Crippen molar-refractivity contribution in [2.45, 2.75) is 65.5 Å². The first-order valence-corrected chi connectivity index (χ1v) is 8.27. The third kappa shape index (κ3) is 6.71. The molecule has 4 nitrogen and oxygen atoms in total. The van der Waals surface area contributed by atoms with Gasteiger partial charge in [-0.3, -0.25) is 9.69 Å². The fourth-order valence-electron chi connectivity index (χ4n) is 2.83. The molecule has 1 rings (SSSR count). The SMILES string of the molecule is CCN(CC(=O)NC(C)CCC(C)C)C1CCNCC1. The zero-order chi connectivity index (χ0) is 15.0. The Bertz CT molecular complexity index is 275. The van der Waals surface area contributed by atoms with Crippen LogP contribution in [0, 0.1) is 5.92 Å². The molecule has 4 heteroatoms. The maximum Gasteiger partial charge on any atom is 0.234 e. The van der Waals surface area contributed by atoms with Crippen LogP contribution in [0.3, 0.4) is 0 Å². The number of hydrogen-bond donors (Lipinski definition) is 2. The fourth-order valence-corrected chi connectivity index (χ4v) is 2.83. The summed E-state index contributed by atoms with van der Waals surface area (Å²) in [6, 6.07) is 0.856. The molecule has 1 heterocycles. The van der Waals surface area contributed by atoms with Gasteiger partial charge in [-0.15, -0.1) is 0 Å². The van der Waals surface area contributed by atoms with Crippen molar-refractivity contribution >= 4 is 5.91 Å². The lowest BCUT2D eigenvalue weighted by atomic mass is 10.0. The smallest absolute Gasteiger partial charge is 0.234 e. The van der Waals surface area contributed by atoms with E-state index in [1.165, 1.54) is 6.42 Å². The lowest BCUT2D eigenvalue weighted by molar-refractivity contribution is -0.123. The van der Waals surface area contributed by atoms with Crippen LogP contribution < -0.4 is 10.6 Å². The lowest BCUT2D eigenvalue weighted by Crippen LogP contribution is -2.48. The van der Waals surface area contributed by atoms with E-state index in [1.54, 1.807) is 0 Å². The van der Waals surface area contributed by atoms with Gasteiger partial charge >= 0.3 is 0 Å². The Morgan fingerprint density at radius 3 is 2.45 bits per heavy atom. The topological polar surface area (TPSA) is 44.4 Å². The molecule has 0 aromatic rings. The zero-order valence-electron chi connectivity index (χ0n) is 13.7. The summed E-state index contributed by atoms with van der Waals surface area (Å²) in [7, 11) is 0. The van der Waals surface area contributed by atoms with Crippen LogP contribution in [-0.4, -0.2) is 49.1 Å². The van der Waals surface area contributed by atoms with Gasteiger partial charge in [0.15, 0.2) is 0 Å². The number of carbonyl (C=O) groups excluding carboxylic acids is 1. The minimum atomic E-state index is 0.182. The highest BCUT2D eigenvalue weighted by Gasteiger charge is 2.21. The van der Waals surface area contributed by atoms with E-state index >= 15 is 0 Å².